The quantitative estimate of drug-likeness (QED) is 0.671. The van der Waals surface area contributed by atoms with Crippen LogP contribution in [-0.4, -0.2) is 12.0 Å². The first-order valence-electron chi connectivity index (χ1n) is 5.40. The summed E-state index contributed by atoms with van der Waals surface area (Å²) < 4.78 is 11.3. The molecule has 0 saturated heterocycles. The van der Waals surface area contributed by atoms with E-state index in [1.165, 1.54) is 19.2 Å². The summed E-state index contributed by atoms with van der Waals surface area (Å²) >= 11 is 3.35. The number of hydrogen-bond acceptors (Lipinski definition) is 5. The van der Waals surface area contributed by atoms with Crippen molar-refractivity contribution in [2.24, 2.45) is 0 Å². The van der Waals surface area contributed by atoms with Gasteiger partial charge >= 0.3 is 0 Å². The van der Waals surface area contributed by atoms with Crippen LogP contribution < -0.4 is 10.1 Å². The normalized spacial score (nSPS) is 10.2. The topological polar surface area (TPSA) is 77.5 Å². The summed E-state index contributed by atoms with van der Waals surface area (Å²) in [5.41, 5.74) is 0.651. The molecule has 19 heavy (non-hydrogen) atoms. The van der Waals surface area contributed by atoms with E-state index in [1.807, 2.05) is 0 Å². The Kier molecular flexibility index (Phi) is 4.06. The number of rotatable bonds is 5. The first-order valence-corrected chi connectivity index (χ1v) is 6.19. The van der Waals surface area contributed by atoms with E-state index in [-0.39, 0.29) is 5.69 Å². The standard InChI is InChI=1S/C12H11BrN2O4/c1-18-11-6-8(15(16)17)2-3-10(11)14-7-12-9(13)4-5-19-12/h2-6,14H,7H2,1H3. The molecule has 1 aromatic heterocycles. The summed E-state index contributed by atoms with van der Waals surface area (Å²) in [6.07, 6.45) is 1.58. The number of nitro groups is 1. The van der Waals surface area contributed by atoms with Crippen LogP contribution in [0.3, 0.4) is 0 Å². The lowest BCUT2D eigenvalue weighted by Crippen LogP contribution is -2.01. The number of nitrogens with one attached hydrogen (secondary N) is 1. The van der Waals surface area contributed by atoms with E-state index in [1.54, 1.807) is 18.4 Å². The Morgan fingerprint density at radius 2 is 2.26 bits per heavy atom. The van der Waals surface area contributed by atoms with Crippen molar-refractivity contribution in [2.45, 2.75) is 6.54 Å². The van der Waals surface area contributed by atoms with Gasteiger partial charge in [0.2, 0.25) is 0 Å². The molecule has 0 atom stereocenters. The predicted octanol–water partition coefficient (Wildman–Crippen LogP) is 3.57. The van der Waals surface area contributed by atoms with Crippen LogP contribution >= 0.6 is 15.9 Å². The Morgan fingerprint density at radius 3 is 2.84 bits per heavy atom. The molecule has 2 aromatic rings. The Balaban J connectivity index is 2.16. The van der Waals surface area contributed by atoms with Crippen LogP contribution in [0.4, 0.5) is 11.4 Å². The molecule has 0 bridgehead atoms. The number of methoxy groups -OCH3 is 1. The van der Waals surface area contributed by atoms with E-state index in [0.29, 0.717) is 18.0 Å². The second-order valence-electron chi connectivity index (χ2n) is 3.69. The highest BCUT2D eigenvalue weighted by Crippen LogP contribution is 2.30. The molecule has 7 heteroatoms. The van der Waals surface area contributed by atoms with Gasteiger partial charge in [0.25, 0.3) is 5.69 Å². The van der Waals surface area contributed by atoms with E-state index in [4.69, 9.17) is 9.15 Å². The Morgan fingerprint density at radius 1 is 1.47 bits per heavy atom. The van der Waals surface area contributed by atoms with Crippen molar-refractivity contribution in [3.8, 4) is 5.75 Å². The smallest absolute Gasteiger partial charge is 0.273 e. The molecule has 1 aromatic carbocycles. The number of anilines is 1. The lowest BCUT2D eigenvalue weighted by molar-refractivity contribution is -0.384. The van der Waals surface area contributed by atoms with Gasteiger partial charge in [-0.05, 0) is 28.1 Å². The number of ether oxygens (including phenoxy) is 1. The third-order valence-corrected chi connectivity index (χ3v) is 3.23. The van der Waals surface area contributed by atoms with Gasteiger partial charge in [-0.25, -0.2) is 0 Å². The molecular formula is C12H11BrN2O4. The molecule has 0 radical (unpaired) electrons. The van der Waals surface area contributed by atoms with Crippen LogP contribution in [0.25, 0.3) is 0 Å². The largest absolute Gasteiger partial charge is 0.494 e. The average Bonchev–Trinajstić information content (AvgIpc) is 2.81. The van der Waals surface area contributed by atoms with E-state index in [9.17, 15) is 10.1 Å². The third-order valence-electron chi connectivity index (χ3n) is 2.53. The fraction of sp³-hybridized carbons (Fsp3) is 0.167. The molecule has 0 aliphatic carbocycles. The van der Waals surface area contributed by atoms with E-state index in [2.05, 4.69) is 21.2 Å². The number of nitrogens with zero attached hydrogens (tertiary/aromatic N) is 1. The number of halogens is 1. The number of nitro benzene ring substituents is 1. The van der Waals surface area contributed by atoms with Crippen LogP contribution in [-0.2, 0) is 6.54 Å². The van der Waals surface area contributed by atoms with Gasteiger partial charge in [-0.3, -0.25) is 10.1 Å². The van der Waals surface area contributed by atoms with Gasteiger partial charge < -0.3 is 14.5 Å². The lowest BCUT2D eigenvalue weighted by Gasteiger charge is -2.10. The number of hydrogen-bond donors (Lipinski definition) is 1. The first-order chi connectivity index (χ1) is 9.11. The maximum absolute atomic E-state index is 10.7. The van der Waals surface area contributed by atoms with E-state index in [0.717, 1.165) is 10.2 Å². The highest BCUT2D eigenvalue weighted by molar-refractivity contribution is 9.10. The van der Waals surface area contributed by atoms with Crippen molar-refractivity contribution >= 4 is 27.3 Å². The third kappa shape index (κ3) is 3.05. The van der Waals surface area contributed by atoms with Gasteiger partial charge in [0, 0.05) is 6.07 Å². The van der Waals surface area contributed by atoms with Crippen molar-refractivity contribution in [2.75, 3.05) is 12.4 Å². The van der Waals surface area contributed by atoms with Gasteiger partial charge in [0.1, 0.15) is 11.5 Å². The van der Waals surface area contributed by atoms with Gasteiger partial charge in [-0.1, -0.05) is 0 Å². The highest BCUT2D eigenvalue weighted by atomic mass is 79.9. The second-order valence-corrected chi connectivity index (χ2v) is 4.54. The van der Waals surface area contributed by atoms with Crippen LogP contribution in [0.15, 0.2) is 39.4 Å². The first kappa shape index (κ1) is 13.4. The fourth-order valence-electron chi connectivity index (χ4n) is 1.57. The molecule has 0 amide bonds. The molecule has 2 rings (SSSR count). The Bertz CT molecular complexity index is 597. The van der Waals surface area contributed by atoms with E-state index >= 15 is 0 Å². The molecule has 0 aliphatic heterocycles. The molecule has 0 saturated carbocycles. The fourth-order valence-corrected chi connectivity index (χ4v) is 1.91. The zero-order valence-electron chi connectivity index (χ0n) is 10.1. The van der Waals surface area contributed by atoms with Crippen LogP contribution in [0.2, 0.25) is 0 Å². The summed E-state index contributed by atoms with van der Waals surface area (Å²) in [6, 6.07) is 6.19. The minimum absolute atomic E-state index is 0.0124. The lowest BCUT2D eigenvalue weighted by atomic mass is 10.2. The molecule has 6 nitrogen and oxygen atoms in total. The minimum Gasteiger partial charge on any atom is -0.494 e. The van der Waals surface area contributed by atoms with Gasteiger partial charge in [-0.15, -0.1) is 0 Å². The monoisotopic (exact) mass is 326 g/mol. The summed E-state index contributed by atoms with van der Waals surface area (Å²) in [6.45, 7) is 0.446. The highest BCUT2D eigenvalue weighted by Gasteiger charge is 2.12. The van der Waals surface area contributed by atoms with Crippen LogP contribution in [0.1, 0.15) is 5.76 Å². The number of furan rings is 1. The molecule has 0 fully saturated rings. The van der Waals surface area contributed by atoms with Gasteiger partial charge in [0.05, 0.1) is 41.1 Å². The molecule has 1 heterocycles. The van der Waals surface area contributed by atoms with Crippen molar-refractivity contribution in [3.05, 3.63) is 50.9 Å². The van der Waals surface area contributed by atoms with Gasteiger partial charge in [-0.2, -0.15) is 0 Å². The molecule has 0 unspecified atom stereocenters. The maximum atomic E-state index is 10.7. The van der Waals surface area contributed by atoms with Crippen molar-refractivity contribution in [1.82, 2.24) is 0 Å². The van der Waals surface area contributed by atoms with E-state index < -0.39 is 4.92 Å². The predicted molar refractivity (Wildman–Crippen MR) is 73.4 cm³/mol. The summed E-state index contributed by atoms with van der Waals surface area (Å²) in [7, 11) is 1.47. The second kappa shape index (κ2) is 5.75. The van der Waals surface area contributed by atoms with Crippen molar-refractivity contribution < 1.29 is 14.1 Å². The molecule has 0 spiro atoms. The SMILES string of the molecule is COc1cc([N+](=O)[O-])ccc1NCc1occc1Br. The molecule has 1 N–H and O–H groups in total. The zero-order chi connectivity index (χ0) is 13.8. The molecule has 100 valence electrons. The van der Waals surface area contributed by atoms with Crippen LogP contribution in [0.5, 0.6) is 5.75 Å². The average molecular weight is 327 g/mol. The molecule has 0 aliphatic rings. The van der Waals surface area contributed by atoms with Crippen molar-refractivity contribution in [1.29, 1.82) is 0 Å². The zero-order valence-corrected chi connectivity index (χ0v) is 11.6. The summed E-state index contributed by atoms with van der Waals surface area (Å²) in [4.78, 5) is 10.2. The number of non-ortho nitro benzene ring substituents is 1. The van der Waals surface area contributed by atoms with Gasteiger partial charge in [0.15, 0.2) is 0 Å². The Hall–Kier alpha value is -2.02. The summed E-state index contributed by atoms with van der Waals surface area (Å²) in [5, 5.41) is 13.8. The maximum Gasteiger partial charge on any atom is 0.273 e. The Labute approximate surface area is 117 Å². The number of benzene rings is 1. The van der Waals surface area contributed by atoms with Crippen LogP contribution in [0, 0.1) is 10.1 Å². The summed E-state index contributed by atoms with van der Waals surface area (Å²) in [5.74, 6) is 1.15. The van der Waals surface area contributed by atoms with Crippen molar-refractivity contribution in [3.63, 3.8) is 0 Å². The minimum atomic E-state index is -0.463. The molecular weight excluding hydrogens is 316 g/mol.